The molecule has 2 aromatic carbocycles. The van der Waals surface area contributed by atoms with E-state index in [-0.39, 0.29) is 19.0 Å². The van der Waals surface area contributed by atoms with Crippen molar-refractivity contribution in [1.82, 2.24) is 10.6 Å². The van der Waals surface area contributed by atoms with Crippen molar-refractivity contribution in [3.05, 3.63) is 76.4 Å². The van der Waals surface area contributed by atoms with Crippen molar-refractivity contribution in [2.75, 3.05) is 13.3 Å². The van der Waals surface area contributed by atoms with Gasteiger partial charge in [0.25, 0.3) is 11.8 Å². The van der Waals surface area contributed by atoms with Crippen LogP contribution in [0.4, 0.5) is 0 Å². The number of carbonyl (C=O) groups excluding carboxylic acids is 2. The lowest BCUT2D eigenvalue weighted by molar-refractivity contribution is -0.117. The molecule has 0 saturated heterocycles. The van der Waals surface area contributed by atoms with Gasteiger partial charge in [0, 0.05) is 11.0 Å². The third-order valence-corrected chi connectivity index (χ3v) is 4.42. The number of ether oxygens (including phenoxy) is 2. The summed E-state index contributed by atoms with van der Waals surface area (Å²) in [7, 11) is 0. The zero-order valence-corrected chi connectivity index (χ0v) is 15.9. The summed E-state index contributed by atoms with van der Waals surface area (Å²) in [5.74, 6) is 0.407. The first-order chi connectivity index (χ1) is 13.1. The molecule has 2 aromatic rings. The second-order valence-corrected chi connectivity index (χ2v) is 6.46. The zero-order valence-electron chi connectivity index (χ0n) is 14.3. The van der Waals surface area contributed by atoms with E-state index < -0.39 is 11.8 Å². The highest BCUT2D eigenvalue weighted by molar-refractivity contribution is 9.10. The molecule has 0 spiro atoms. The number of hydrogen-bond donors (Lipinski definition) is 2. The van der Waals surface area contributed by atoms with Gasteiger partial charge < -0.3 is 20.1 Å². The molecule has 0 aromatic heterocycles. The van der Waals surface area contributed by atoms with Gasteiger partial charge in [-0.25, -0.2) is 0 Å². The Morgan fingerprint density at radius 2 is 1.93 bits per heavy atom. The van der Waals surface area contributed by atoms with Gasteiger partial charge in [0.15, 0.2) is 11.5 Å². The second kappa shape index (κ2) is 8.55. The van der Waals surface area contributed by atoms with Gasteiger partial charge >= 0.3 is 0 Å². The lowest BCUT2D eigenvalue weighted by Crippen LogP contribution is -2.35. The van der Waals surface area contributed by atoms with Crippen LogP contribution in [0, 0.1) is 0 Å². The molecule has 0 bridgehead atoms. The normalized spacial score (nSPS) is 12.4. The monoisotopic (exact) mass is 428 g/mol. The van der Waals surface area contributed by atoms with Gasteiger partial charge in [0.1, 0.15) is 5.70 Å². The van der Waals surface area contributed by atoms with Crippen molar-refractivity contribution in [2.24, 2.45) is 0 Å². The Bertz CT molecular complexity index is 924. The van der Waals surface area contributed by atoms with Crippen LogP contribution in [-0.4, -0.2) is 25.2 Å². The summed E-state index contributed by atoms with van der Waals surface area (Å²) in [6.07, 6.45) is 3.14. The number of nitrogens with one attached hydrogen (secondary N) is 2. The maximum Gasteiger partial charge on any atom is 0.268 e. The van der Waals surface area contributed by atoms with E-state index in [1.807, 2.05) is 0 Å². The summed E-state index contributed by atoms with van der Waals surface area (Å²) >= 11 is 3.34. The molecule has 0 saturated carbocycles. The van der Waals surface area contributed by atoms with Crippen LogP contribution in [0.3, 0.4) is 0 Å². The van der Waals surface area contributed by atoms with Crippen LogP contribution in [-0.2, 0) is 4.79 Å². The van der Waals surface area contributed by atoms with Crippen molar-refractivity contribution >= 4 is 33.8 Å². The minimum absolute atomic E-state index is 0.108. The molecule has 1 aliphatic heterocycles. The average Bonchev–Trinajstić information content (AvgIpc) is 3.13. The van der Waals surface area contributed by atoms with Crippen LogP contribution in [0.25, 0.3) is 6.08 Å². The van der Waals surface area contributed by atoms with E-state index in [1.165, 1.54) is 0 Å². The highest BCUT2D eigenvalue weighted by atomic mass is 79.9. The van der Waals surface area contributed by atoms with Crippen molar-refractivity contribution < 1.29 is 19.1 Å². The smallest absolute Gasteiger partial charge is 0.268 e. The molecule has 2 N–H and O–H groups in total. The minimum atomic E-state index is -0.423. The second-order valence-electron chi connectivity index (χ2n) is 5.60. The van der Waals surface area contributed by atoms with Gasteiger partial charge in [0.2, 0.25) is 6.79 Å². The van der Waals surface area contributed by atoms with Gasteiger partial charge in [-0.1, -0.05) is 24.3 Å². The molecule has 7 heteroatoms. The average molecular weight is 429 g/mol. The summed E-state index contributed by atoms with van der Waals surface area (Å²) in [6, 6.07) is 12.3. The summed E-state index contributed by atoms with van der Waals surface area (Å²) in [5, 5.41) is 5.34. The summed E-state index contributed by atoms with van der Waals surface area (Å²) in [5.41, 5.74) is 1.22. The minimum Gasteiger partial charge on any atom is -0.454 e. The summed E-state index contributed by atoms with van der Waals surface area (Å²) in [4.78, 5) is 25.1. The predicted molar refractivity (Wildman–Crippen MR) is 105 cm³/mol. The fourth-order valence-corrected chi connectivity index (χ4v) is 2.89. The maximum absolute atomic E-state index is 12.6. The fourth-order valence-electron chi connectivity index (χ4n) is 2.42. The molecule has 0 unspecified atom stereocenters. The van der Waals surface area contributed by atoms with E-state index in [0.717, 1.165) is 0 Å². The number of amides is 2. The molecule has 138 valence electrons. The predicted octanol–water partition coefficient (Wildman–Crippen LogP) is 3.25. The number of rotatable bonds is 6. The van der Waals surface area contributed by atoms with Crippen LogP contribution < -0.4 is 20.1 Å². The van der Waals surface area contributed by atoms with Gasteiger partial charge in [-0.2, -0.15) is 0 Å². The topological polar surface area (TPSA) is 76.7 Å². The van der Waals surface area contributed by atoms with E-state index >= 15 is 0 Å². The molecule has 1 aliphatic rings. The Hall–Kier alpha value is -3.06. The molecular formula is C20H17BrN2O4. The van der Waals surface area contributed by atoms with Crippen LogP contribution in [0.2, 0.25) is 0 Å². The van der Waals surface area contributed by atoms with E-state index in [4.69, 9.17) is 9.47 Å². The van der Waals surface area contributed by atoms with E-state index in [0.29, 0.717) is 27.1 Å². The summed E-state index contributed by atoms with van der Waals surface area (Å²) < 4.78 is 11.3. The van der Waals surface area contributed by atoms with Crippen LogP contribution in [0.5, 0.6) is 11.5 Å². The van der Waals surface area contributed by atoms with Gasteiger partial charge in [0.05, 0.1) is 5.56 Å². The summed E-state index contributed by atoms with van der Waals surface area (Å²) in [6.45, 7) is 4.02. The highest BCUT2D eigenvalue weighted by Gasteiger charge is 2.17. The number of carbonyl (C=O) groups is 2. The maximum atomic E-state index is 12.6. The first-order valence-corrected chi connectivity index (χ1v) is 8.94. The largest absolute Gasteiger partial charge is 0.454 e. The molecule has 27 heavy (non-hydrogen) atoms. The molecule has 0 fully saturated rings. The Balaban J connectivity index is 1.88. The lowest BCUT2D eigenvalue weighted by atomic mass is 10.1. The van der Waals surface area contributed by atoms with E-state index in [1.54, 1.807) is 54.6 Å². The Morgan fingerprint density at radius 3 is 2.70 bits per heavy atom. The van der Waals surface area contributed by atoms with Crippen molar-refractivity contribution in [2.45, 2.75) is 0 Å². The van der Waals surface area contributed by atoms with E-state index in [2.05, 4.69) is 33.1 Å². The number of hydrogen-bond acceptors (Lipinski definition) is 4. The van der Waals surface area contributed by atoms with E-state index in [9.17, 15) is 9.59 Å². The number of halogens is 1. The molecule has 1 heterocycles. The molecule has 6 nitrogen and oxygen atoms in total. The van der Waals surface area contributed by atoms with Gasteiger partial charge in [-0.15, -0.1) is 6.58 Å². The lowest BCUT2D eigenvalue weighted by Gasteiger charge is -2.11. The molecule has 0 radical (unpaired) electrons. The molecule has 0 aliphatic carbocycles. The van der Waals surface area contributed by atoms with Crippen molar-refractivity contribution in [3.8, 4) is 11.5 Å². The van der Waals surface area contributed by atoms with Crippen molar-refractivity contribution in [3.63, 3.8) is 0 Å². The Labute approximate surface area is 165 Å². The van der Waals surface area contributed by atoms with Gasteiger partial charge in [-0.3, -0.25) is 9.59 Å². The standard InChI is InChI=1S/C20H17BrN2O4/c1-2-9-22-20(25)16(23-19(24)14-5-3-4-6-15(14)21)10-13-7-8-17-18(11-13)27-12-26-17/h2-8,10-11H,1,9,12H2,(H,22,25)(H,23,24)/b16-10+. The first kappa shape index (κ1) is 18.7. The quantitative estimate of drug-likeness (QED) is 0.546. The third kappa shape index (κ3) is 4.57. The molecule has 0 atom stereocenters. The van der Waals surface area contributed by atoms with Crippen LogP contribution >= 0.6 is 15.9 Å². The number of fused-ring (bicyclic) bond motifs is 1. The highest BCUT2D eigenvalue weighted by Crippen LogP contribution is 2.33. The molecule has 2 amide bonds. The third-order valence-electron chi connectivity index (χ3n) is 3.73. The molecule has 3 rings (SSSR count). The van der Waals surface area contributed by atoms with Crippen LogP contribution in [0.1, 0.15) is 15.9 Å². The zero-order chi connectivity index (χ0) is 19.2. The molecular weight excluding hydrogens is 412 g/mol. The number of benzene rings is 2. The fraction of sp³-hybridized carbons (Fsp3) is 0.100. The van der Waals surface area contributed by atoms with Crippen molar-refractivity contribution in [1.29, 1.82) is 0 Å². The SMILES string of the molecule is C=CCNC(=O)/C(=C\c1ccc2c(c1)OCO2)NC(=O)c1ccccc1Br. The van der Waals surface area contributed by atoms with Gasteiger partial charge in [-0.05, 0) is 51.8 Å². The Kier molecular flexibility index (Phi) is 5.93. The first-order valence-electron chi connectivity index (χ1n) is 8.15. The van der Waals surface area contributed by atoms with Crippen LogP contribution in [0.15, 0.2) is 65.3 Å². The Morgan fingerprint density at radius 1 is 1.15 bits per heavy atom.